The van der Waals surface area contributed by atoms with Crippen LogP contribution in [-0.2, 0) is 4.79 Å². The molecule has 74 valence electrons. The highest BCUT2D eigenvalue weighted by Gasteiger charge is 2.05. The summed E-state index contributed by atoms with van der Waals surface area (Å²) in [5, 5.41) is 10.8. The van der Waals surface area contributed by atoms with Crippen molar-refractivity contribution >= 4 is 12.4 Å². The number of allylic oxidation sites excluding steroid dienone is 1. The molecule has 0 spiro atoms. The van der Waals surface area contributed by atoms with Gasteiger partial charge in [0.05, 0.1) is 6.04 Å². The van der Waals surface area contributed by atoms with E-state index in [0.29, 0.717) is 6.42 Å². The lowest BCUT2D eigenvalue weighted by Crippen LogP contribution is -2.31. The van der Waals surface area contributed by atoms with Crippen molar-refractivity contribution in [1.82, 2.24) is 5.32 Å². The van der Waals surface area contributed by atoms with E-state index in [1.807, 2.05) is 6.92 Å². The van der Waals surface area contributed by atoms with Crippen LogP contribution in [0.1, 0.15) is 26.2 Å². The minimum absolute atomic E-state index is 0.178. The van der Waals surface area contributed by atoms with Crippen LogP contribution in [0.5, 0.6) is 0 Å². The molecule has 0 aliphatic rings. The first-order valence-corrected chi connectivity index (χ1v) is 4.30. The van der Waals surface area contributed by atoms with Gasteiger partial charge in [-0.15, -0.1) is 0 Å². The zero-order valence-electron chi connectivity index (χ0n) is 7.69. The number of hydrogen-bond acceptors (Lipinski definition) is 2. The molecular weight excluding hydrogens is 170 g/mol. The Balaban J connectivity index is 3.92. The molecule has 1 amide bonds. The predicted molar refractivity (Wildman–Crippen MR) is 49.7 cm³/mol. The fourth-order valence-corrected chi connectivity index (χ4v) is 0.984. The maximum atomic E-state index is 10.3. The van der Waals surface area contributed by atoms with Crippen molar-refractivity contribution in [2.75, 3.05) is 0 Å². The Morgan fingerprint density at radius 2 is 2.31 bits per heavy atom. The lowest BCUT2D eigenvalue weighted by Gasteiger charge is -2.10. The summed E-state index contributed by atoms with van der Waals surface area (Å²) in [6.07, 6.45) is 5.11. The van der Waals surface area contributed by atoms with Crippen molar-refractivity contribution < 1.29 is 14.7 Å². The highest BCUT2D eigenvalue weighted by atomic mass is 16.4. The lowest BCUT2D eigenvalue weighted by molar-refractivity contribution is -0.107. The topological polar surface area (TPSA) is 66.4 Å². The van der Waals surface area contributed by atoms with Gasteiger partial charge in [-0.1, -0.05) is 25.5 Å². The second-order valence-corrected chi connectivity index (χ2v) is 2.68. The molecule has 4 heteroatoms. The number of carbonyl (C=O) groups excluding carboxylic acids is 1. The summed E-state index contributed by atoms with van der Waals surface area (Å²) in [5.74, 6) is 0. The van der Waals surface area contributed by atoms with E-state index in [4.69, 9.17) is 5.11 Å². The second-order valence-electron chi connectivity index (χ2n) is 2.68. The third kappa shape index (κ3) is 7.05. The summed E-state index contributed by atoms with van der Waals surface area (Å²) < 4.78 is 0. The van der Waals surface area contributed by atoms with E-state index < -0.39 is 6.09 Å². The first-order chi connectivity index (χ1) is 6.20. The summed E-state index contributed by atoms with van der Waals surface area (Å²) in [4.78, 5) is 20.3. The average molecular weight is 185 g/mol. The zero-order valence-corrected chi connectivity index (χ0v) is 7.69. The molecule has 0 bridgehead atoms. The quantitative estimate of drug-likeness (QED) is 0.487. The van der Waals surface area contributed by atoms with Crippen LogP contribution < -0.4 is 5.32 Å². The summed E-state index contributed by atoms with van der Waals surface area (Å²) >= 11 is 0. The minimum atomic E-state index is -1.03. The molecule has 0 aromatic carbocycles. The SMILES string of the molecule is CCCC(C=CCC=O)NC(=O)O. The highest BCUT2D eigenvalue weighted by Crippen LogP contribution is 1.98. The van der Waals surface area contributed by atoms with Gasteiger partial charge in [0, 0.05) is 6.42 Å². The Labute approximate surface area is 77.6 Å². The maximum absolute atomic E-state index is 10.3. The van der Waals surface area contributed by atoms with Crippen LogP contribution in [0.2, 0.25) is 0 Å². The Bertz CT molecular complexity index is 189. The number of carbonyl (C=O) groups is 2. The second kappa shape index (κ2) is 7.34. The molecule has 0 fully saturated rings. The molecule has 0 saturated heterocycles. The van der Waals surface area contributed by atoms with Crippen molar-refractivity contribution in [1.29, 1.82) is 0 Å². The van der Waals surface area contributed by atoms with Gasteiger partial charge in [0.1, 0.15) is 6.29 Å². The molecule has 0 aliphatic heterocycles. The van der Waals surface area contributed by atoms with Crippen molar-refractivity contribution in [2.24, 2.45) is 0 Å². The summed E-state index contributed by atoms with van der Waals surface area (Å²) in [7, 11) is 0. The third-order valence-corrected chi connectivity index (χ3v) is 1.51. The molecule has 4 nitrogen and oxygen atoms in total. The number of nitrogens with one attached hydrogen (secondary N) is 1. The normalized spacial score (nSPS) is 12.7. The Morgan fingerprint density at radius 1 is 1.62 bits per heavy atom. The largest absolute Gasteiger partial charge is 0.465 e. The number of amides is 1. The van der Waals surface area contributed by atoms with E-state index in [9.17, 15) is 9.59 Å². The van der Waals surface area contributed by atoms with Gasteiger partial charge in [-0.05, 0) is 6.42 Å². The standard InChI is InChI=1S/C9H15NO3/c1-2-5-8(10-9(12)13)6-3-4-7-11/h3,6-8,10H,2,4-5H2,1H3,(H,12,13). The van der Waals surface area contributed by atoms with Crippen LogP contribution in [0.15, 0.2) is 12.2 Å². The van der Waals surface area contributed by atoms with Crippen molar-refractivity contribution in [2.45, 2.75) is 32.2 Å². The summed E-state index contributed by atoms with van der Waals surface area (Å²) in [6, 6.07) is -0.178. The molecule has 13 heavy (non-hydrogen) atoms. The number of aldehydes is 1. The number of carboxylic acid groups (broad SMARTS) is 1. The van der Waals surface area contributed by atoms with Gasteiger partial charge in [-0.25, -0.2) is 4.79 Å². The number of hydrogen-bond donors (Lipinski definition) is 2. The van der Waals surface area contributed by atoms with Gasteiger partial charge in [0.2, 0.25) is 0 Å². The van der Waals surface area contributed by atoms with Gasteiger partial charge < -0.3 is 15.2 Å². The lowest BCUT2D eigenvalue weighted by atomic mass is 10.1. The van der Waals surface area contributed by atoms with Crippen molar-refractivity contribution in [3.63, 3.8) is 0 Å². The molecule has 1 unspecified atom stereocenters. The molecule has 0 radical (unpaired) electrons. The van der Waals surface area contributed by atoms with Gasteiger partial charge in [-0.2, -0.15) is 0 Å². The summed E-state index contributed by atoms with van der Waals surface area (Å²) in [5.41, 5.74) is 0. The van der Waals surface area contributed by atoms with Crippen LogP contribution in [0.4, 0.5) is 4.79 Å². The van der Waals surface area contributed by atoms with Gasteiger partial charge in [0.25, 0.3) is 0 Å². The molecule has 0 aliphatic carbocycles. The van der Waals surface area contributed by atoms with E-state index in [-0.39, 0.29) is 6.04 Å². The minimum Gasteiger partial charge on any atom is -0.465 e. The molecule has 0 heterocycles. The van der Waals surface area contributed by atoms with E-state index in [1.54, 1.807) is 12.2 Å². The molecule has 0 saturated carbocycles. The van der Waals surface area contributed by atoms with Crippen molar-refractivity contribution in [3.8, 4) is 0 Å². The third-order valence-electron chi connectivity index (χ3n) is 1.51. The summed E-state index contributed by atoms with van der Waals surface area (Å²) in [6.45, 7) is 1.98. The Morgan fingerprint density at radius 3 is 2.77 bits per heavy atom. The number of rotatable bonds is 6. The molecule has 0 aromatic heterocycles. The van der Waals surface area contributed by atoms with E-state index in [2.05, 4.69) is 5.32 Å². The Kier molecular flexibility index (Phi) is 6.59. The highest BCUT2D eigenvalue weighted by molar-refractivity contribution is 5.65. The van der Waals surface area contributed by atoms with Gasteiger partial charge in [-0.3, -0.25) is 0 Å². The fourth-order valence-electron chi connectivity index (χ4n) is 0.984. The zero-order chi connectivity index (χ0) is 10.1. The van der Waals surface area contributed by atoms with Crippen LogP contribution >= 0.6 is 0 Å². The monoisotopic (exact) mass is 185 g/mol. The molecule has 1 atom stereocenters. The van der Waals surface area contributed by atoms with E-state index in [0.717, 1.165) is 19.1 Å². The van der Waals surface area contributed by atoms with Gasteiger partial charge in [0.15, 0.2) is 0 Å². The van der Waals surface area contributed by atoms with Crippen LogP contribution in [-0.4, -0.2) is 23.5 Å². The van der Waals surface area contributed by atoms with Crippen LogP contribution in [0.3, 0.4) is 0 Å². The van der Waals surface area contributed by atoms with Crippen LogP contribution in [0, 0.1) is 0 Å². The average Bonchev–Trinajstić information content (AvgIpc) is 2.04. The predicted octanol–water partition coefficient (Wildman–Crippen LogP) is 1.57. The fraction of sp³-hybridized carbons (Fsp3) is 0.556. The smallest absolute Gasteiger partial charge is 0.405 e. The van der Waals surface area contributed by atoms with E-state index in [1.165, 1.54) is 0 Å². The van der Waals surface area contributed by atoms with Crippen LogP contribution in [0.25, 0.3) is 0 Å². The molecule has 2 N–H and O–H groups in total. The first kappa shape index (κ1) is 11.7. The molecular formula is C9H15NO3. The Hall–Kier alpha value is -1.32. The van der Waals surface area contributed by atoms with Gasteiger partial charge >= 0.3 is 6.09 Å². The maximum Gasteiger partial charge on any atom is 0.405 e. The molecule has 0 aromatic rings. The molecule has 0 rings (SSSR count). The van der Waals surface area contributed by atoms with Crippen molar-refractivity contribution in [3.05, 3.63) is 12.2 Å². The first-order valence-electron chi connectivity index (χ1n) is 4.30. The van der Waals surface area contributed by atoms with E-state index >= 15 is 0 Å².